The lowest BCUT2D eigenvalue weighted by atomic mass is 10.2. The van der Waals surface area contributed by atoms with E-state index in [-0.39, 0.29) is 18.0 Å². The van der Waals surface area contributed by atoms with Crippen molar-refractivity contribution in [3.8, 4) is 0 Å². The number of anilines is 1. The van der Waals surface area contributed by atoms with Gasteiger partial charge in [0.2, 0.25) is 16.0 Å². The molecule has 4 rings (SSSR count). The molecule has 1 aliphatic heterocycles. The predicted octanol–water partition coefficient (Wildman–Crippen LogP) is 3.10. The number of benzene rings is 2. The van der Waals surface area contributed by atoms with Crippen molar-refractivity contribution in [1.29, 1.82) is 0 Å². The zero-order valence-corrected chi connectivity index (χ0v) is 16.4. The highest BCUT2D eigenvalue weighted by molar-refractivity contribution is 7.89. The molecule has 3 aromatic rings. The topological polar surface area (TPSA) is 58.4 Å². The fourth-order valence-corrected chi connectivity index (χ4v) is 4.93. The van der Waals surface area contributed by atoms with Crippen molar-refractivity contribution < 1.29 is 21.6 Å². The van der Waals surface area contributed by atoms with Crippen LogP contribution in [0, 0.1) is 0 Å². The van der Waals surface area contributed by atoms with Crippen LogP contribution in [0.4, 0.5) is 19.1 Å². The molecule has 0 N–H and O–H groups in total. The van der Waals surface area contributed by atoms with Crippen LogP contribution >= 0.6 is 0 Å². The van der Waals surface area contributed by atoms with Gasteiger partial charge in [-0.15, -0.1) is 0 Å². The Labute approximate surface area is 166 Å². The summed E-state index contributed by atoms with van der Waals surface area (Å²) in [6.07, 6.45) is -4.50. The van der Waals surface area contributed by atoms with Gasteiger partial charge in [-0.1, -0.05) is 12.1 Å². The number of piperazine rings is 1. The zero-order chi connectivity index (χ0) is 20.8. The van der Waals surface area contributed by atoms with Crippen LogP contribution in [0.25, 0.3) is 11.0 Å². The molecule has 0 atom stereocenters. The number of aryl methyl sites for hydroxylation is 1. The summed E-state index contributed by atoms with van der Waals surface area (Å²) in [4.78, 5) is 6.50. The molecule has 0 aliphatic carbocycles. The van der Waals surface area contributed by atoms with Crippen molar-refractivity contribution in [2.75, 3.05) is 31.1 Å². The first-order valence-electron chi connectivity index (χ1n) is 9.02. The van der Waals surface area contributed by atoms with E-state index < -0.39 is 21.8 Å². The minimum Gasteiger partial charge on any atom is -0.340 e. The van der Waals surface area contributed by atoms with Crippen LogP contribution < -0.4 is 4.90 Å². The van der Waals surface area contributed by atoms with E-state index in [0.717, 1.165) is 41.2 Å². The van der Waals surface area contributed by atoms with Crippen LogP contribution in [0.3, 0.4) is 0 Å². The van der Waals surface area contributed by atoms with Gasteiger partial charge in [0.1, 0.15) is 0 Å². The van der Waals surface area contributed by atoms with Crippen molar-refractivity contribution in [2.45, 2.75) is 11.1 Å². The van der Waals surface area contributed by atoms with Gasteiger partial charge in [-0.3, -0.25) is 0 Å². The second-order valence-corrected chi connectivity index (χ2v) is 8.81. The van der Waals surface area contributed by atoms with Gasteiger partial charge < -0.3 is 9.47 Å². The molecule has 0 spiro atoms. The number of halogens is 3. The third-order valence-corrected chi connectivity index (χ3v) is 7.02. The summed E-state index contributed by atoms with van der Waals surface area (Å²) < 4.78 is 67.0. The molecule has 2 aromatic carbocycles. The quantitative estimate of drug-likeness (QED) is 0.648. The molecule has 29 heavy (non-hydrogen) atoms. The molecule has 1 aliphatic rings. The van der Waals surface area contributed by atoms with E-state index in [1.165, 1.54) is 4.31 Å². The fourth-order valence-electron chi connectivity index (χ4n) is 3.51. The first kappa shape index (κ1) is 19.7. The predicted molar refractivity (Wildman–Crippen MR) is 103 cm³/mol. The lowest BCUT2D eigenvalue weighted by Gasteiger charge is -2.34. The van der Waals surface area contributed by atoms with Gasteiger partial charge in [-0.25, -0.2) is 13.4 Å². The smallest absolute Gasteiger partial charge is 0.340 e. The summed E-state index contributed by atoms with van der Waals surface area (Å²) in [5.41, 5.74) is 0.982. The Hall–Kier alpha value is -2.59. The standard InChI is InChI=1S/C19H19F3N4O2S/c1-24-17-5-3-2-4-16(17)23-18(24)25-10-12-26(13-11-25)29(27,28)15-8-6-14(7-9-15)19(20,21)22/h2-9H,10-13H2,1H3. The average molecular weight is 424 g/mol. The van der Waals surface area contributed by atoms with Crippen LogP contribution in [0.5, 0.6) is 0 Å². The Balaban J connectivity index is 1.50. The van der Waals surface area contributed by atoms with Gasteiger partial charge in [0.25, 0.3) is 0 Å². The summed E-state index contributed by atoms with van der Waals surface area (Å²) in [5.74, 6) is 0.762. The summed E-state index contributed by atoms with van der Waals surface area (Å²) in [5, 5.41) is 0. The number of sulfonamides is 1. The third-order valence-electron chi connectivity index (χ3n) is 5.10. The monoisotopic (exact) mass is 424 g/mol. The number of nitrogens with zero attached hydrogens (tertiary/aromatic N) is 4. The van der Waals surface area contributed by atoms with Gasteiger partial charge >= 0.3 is 6.18 Å². The summed E-state index contributed by atoms with van der Waals surface area (Å²) in [6, 6.07) is 11.3. The molecule has 6 nitrogen and oxygen atoms in total. The second-order valence-electron chi connectivity index (χ2n) is 6.87. The molecule has 2 heterocycles. The lowest BCUT2D eigenvalue weighted by Crippen LogP contribution is -2.49. The first-order valence-corrected chi connectivity index (χ1v) is 10.5. The molecule has 0 amide bonds. The van der Waals surface area contributed by atoms with Crippen LogP contribution in [0.2, 0.25) is 0 Å². The minimum atomic E-state index is -4.50. The Morgan fingerprint density at radius 3 is 2.14 bits per heavy atom. The number of fused-ring (bicyclic) bond motifs is 1. The molecular weight excluding hydrogens is 405 g/mol. The third kappa shape index (κ3) is 3.58. The van der Waals surface area contributed by atoms with E-state index in [1.807, 2.05) is 40.8 Å². The van der Waals surface area contributed by atoms with Crippen LogP contribution in [0.1, 0.15) is 5.56 Å². The number of alkyl halides is 3. The van der Waals surface area contributed by atoms with E-state index in [4.69, 9.17) is 0 Å². The van der Waals surface area contributed by atoms with Crippen molar-refractivity contribution in [1.82, 2.24) is 13.9 Å². The second kappa shape index (κ2) is 7.03. The van der Waals surface area contributed by atoms with E-state index in [1.54, 1.807) is 0 Å². The Morgan fingerprint density at radius 1 is 0.931 bits per heavy atom. The Bertz CT molecular complexity index is 1130. The summed E-state index contributed by atoms with van der Waals surface area (Å²) >= 11 is 0. The van der Waals surface area contributed by atoms with Crippen molar-refractivity contribution in [3.63, 3.8) is 0 Å². The maximum absolute atomic E-state index is 12.8. The van der Waals surface area contributed by atoms with E-state index in [0.29, 0.717) is 13.1 Å². The molecular formula is C19H19F3N4O2S. The molecule has 0 saturated carbocycles. The number of aromatic nitrogens is 2. The normalized spacial score (nSPS) is 16.5. The van der Waals surface area contributed by atoms with Crippen molar-refractivity contribution in [3.05, 3.63) is 54.1 Å². The molecule has 10 heteroatoms. The molecule has 0 unspecified atom stereocenters. The maximum atomic E-state index is 12.8. The highest BCUT2D eigenvalue weighted by Crippen LogP contribution is 2.30. The van der Waals surface area contributed by atoms with Gasteiger partial charge in [0, 0.05) is 33.2 Å². The van der Waals surface area contributed by atoms with Gasteiger partial charge in [-0.05, 0) is 36.4 Å². The zero-order valence-electron chi connectivity index (χ0n) is 15.6. The molecule has 0 radical (unpaired) electrons. The lowest BCUT2D eigenvalue weighted by molar-refractivity contribution is -0.137. The summed E-state index contributed by atoms with van der Waals surface area (Å²) in [7, 11) is -1.94. The molecule has 154 valence electrons. The van der Waals surface area contributed by atoms with E-state index >= 15 is 0 Å². The van der Waals surface area contributed by atoms with Crippen molar-refractivity contribution in [2.24, 2.45) is 7.05 Å². The molecule has 1 saturated heterocycles. The molecule has 0 bridgehead atoms. The Morgan fingerprint density at radius 2 is 1.55 bits per heavy atom. The number of imidazole rings is 1. The van der Waals surface area contributed by atoms with Crippen LogP contribution in [0.15, 0.2) is 53.4 Å². The highest BCUT2D eigenvalue weighted by atomic mass is 32.2. The number of hydrogen-bond acceptors (Lipinski definition) is 4. The van der Waals surface area contributed by atoms with Gasteiger partial charge in [0.15, 0.2) is 0 Å². The highest BCUT2D eigenvalue weighted by Gasteiger charge is 2.33. The number of hydrogen-bond donors (Lipinski definition) is 0. The maximum Gasteiger partial charge on any atom is 0.416 e. The van der Waals surface area contributed by atoms with Gasteiger partial charge in [0.05, 0.1) is 21.5 Å². The van der Waals surface area contributed by atoms with E-state index in [9.17, 15) is 21.6 Å². The van der Waals surface area contributed by atoms with Crippen LogP contribution in [-0.2, 0) is 23.2 Å². The minimum absolute atomic E-state index is 0.137. The van der Waals surface area contributed by atoms with Gasteiger partial charge in [-0.2, -0.15) is 17.5 Å². The fraction of sp³-hybridized carbons (Fsp3) is 0.316. The molecule has 1 aromatic heterocycles. The average Bonchev–Trinajstić information content (AvgIpc) is 3.04. The SMILES string of the molecule is Cn1c(N2CCN(S(=O)(=O)c3ccc(C(F)(F)F)cc3)CC2)nc2ccccc21. The first-order chi connectivity index (χ1) is 13.7. The number of para-hydroxylation sites is 2. The number of rotatable bonds is 3. The van der Waals surface area contributed by atoms with Crippen LogP contribution in [-0.4, -0.2) is 48.5 Å². The summed E-state index contributed by atoms with van der Waals surface area (Å²) in [6.45, 7) is 1.34. The largest absolute Gasteiger partial charge is 0.416 e. The molecule has 1 fully saturated rings. The van der Waals surface area contributed by atoms with E-state index in [2.05, 4.69) is 4.98 Å². The Kier molecular flexibility index (Phi) is 4.78. The van der Waals surface area contributed by atoms with Crippen molar-refractivity contribution >= 4 is 27.0 Å².